The second kappa shape index (κ2) is 10.1. The number of halogens is 1. The number of amides is 1. The van der Waals surface area contributed by atoms with Crippen LogP contribution < -0.4 is 15.0 Å². The lowest BCUT2D eigenvalue weighted by atomic mass is 10.2. The van der Waals surface area contributed by atoms with Crippen molar-refractivity contribution in [3.63, 3.8) is 0 Å². The molecule has 0 saturated carbocycles. The van der Waals surface area contributed by atoms with Gasteiger partial charge in [0.25, 0.3) is 5.91 Å². The van der Waals surface area contributed by atoms with Crippen LogP contribution in [0, 0.1) is 5.82 Å². The number of carbonyl (C=O) groups is 1. The lowest BCUT2D eigenvalue weighted by molar-refractivity contribution is 0.0751. The molecule has 3 aromatic heterocycles. The molecule has 0 radical (unpaired) electrons. The quantitative estimate of drug-likeness (QED) is 0.561. The third-order valence-electron chi connectivity index (χ3n) is 5.40. The molecule has 32 heavy (non-hydrogen) atoms. The number of hydrogen-bond donors (Lipinski definition) is 1. The van der Waals surface area contributed by atoms with Crippen LogP contribution >= 0.6 is 11.3 Å². The van der Waals surface area contributed by atoms with Crippen molar-refractivity contribution < 1.29 is 13.9 Å². The van der Waals surface area contributed by atoms with E-state index in [1.165, 1.54) is 12.3 Å². The molecule has 0 fully saturated rings. The molecular weight excluding hydrogens is 429 g/mol. The van der Waals surface area contributed by atoms with Gasteiger partial charge in [-0.3, -0.25) is 9.78 Å². The van der Waals surface area contributed by atoms with Gasteiger partial charge in [-0.25, -0.2) is 9.37 Å². The fourth-order valence-electron chi connectivity index (χ4n) is 3.65. The third kappa shape index (κ3) is 4.89. The summed E-state index contributed by atoms with van der Waals surface area (Å²) in [6.07, 6.45) is 3.77. The number of rotatable bonds is 8. The summed E-state index contributed by atoms with van der Waals surface area (Å²) in [4.78, 5) is 26.3. The van der Waals surface area contributed by atoms with Gasteiger partial charge in [-0.1, -0.05) is 6.07 Å². The Bertz CT molecular complexity index is 1060. The number of aromatic nitrogens is 2. The van der Waals surface area contributed by atoms with Crippen molar-refractivity contribution in [1.82, 2.24) is 20.2 Å². The number of anilines is 1. The van der Waals surface area contributed by atoms with Crippen molar-refractivity contribution in [3.05, 3.63) is 70.1 Å². The van der Waals surface area contributed by atoms with Crippen LogP contribution in [0.15, 0.2) is 48.1 Å². The number of hydrogen-bond acceptors (Lipinski definition) is 7. The number of carbonyl (C=O) groups excluding carboxylic acids is 1. The van der Waals surface area contributed by atoms with Crippen LogP contribution in [0.2, 0.25) is 0 Å². The van der Waals surface area contributed by atoms with Crippen LogP contribution in [0.5, 0.6) is 5.75 Å². The Labute approximate surface area is 190 Å². The standard InChI is InChI=1S/C23H26FN5O2S/c1-25-9-7-20(21-6-4-12-32-21)31-16-13-18(24)19(27-14-16)15-29-11-10-28(2)22-17(23(29)30)5-3-8-26-22/h3-6,8,12-14,20,25H,7,9-11,15H2,1-2H3. The highest BCUT2D eigenvalue weighted by atomic mass is 32.1. The molecular formula is C23H26FN5O2S. The number of likely N-dealkylation sites (N-methyl/N-ethyl adjacent to an activating group) is 1. The molecule has 1 aliphatic heterocycles. The zero-order valence-corrected chi connectivity index (χ0v) is 18.9. The minimum Gasteiger partial charge on any atom is -0.483 e. The van der Waals surface area contributed by atoms with E-state index in [4.69, 9.17) is 4.74 Å². The van der Waals surface area contributed by atoms with E-state index in [0.717, 1.165) is 17.8 Å². The van der Waals surface area contributed by atoms with Crippen LogP contribution in [0.4, 0.5) is 10.2 Å². The van der Waals surface area contributed by atoms with Crippen LogP contribution in [0.1, 0.15) is 33.5 Å². The van der Waals surface area contributed by atoms with Crippen LogP contribution in [0.3, 0.4) is 0 Å². The number of fused-ring (bicyclic) bond motifs is 1. The molecule has 9 heteroatoms. The average Bonchev–Trinajstić information content (AvgIpc) is 3.31. The summed E-state index contributed by atoms with van der Waals surface area (Å²) in [6, 6.07) is 8.82. The molecule has 1 N–H and O–H groups in total. The predicted octanol–water partition coefficient (Wildman–Crippen LogP) is 3.50. The zero-order valence-electron chi connectivity index (χ0n) is 18.1. The molecule has 1 aliphatic rings. The lowest BCUT2D eigenvalue weighted by Crippen LogP contribution is -2.33. The maximum Gasteiger partial charge on any atom is 0.258 e. The molecule has 0 saturated heterocycles. The first kappa shape index (κ1) is 22.2. The van der Waals surface area contributed by atoms with Gasteiger partial charge in [-0.2, -0.15) is 0 Å². The van der Waals surface area contributed by atoms with Crippen molar-refractivity contribution >= 4 is 23.1 Å². The van der Waals surface area contributed by atoms with Crippen molar-refractivity contribution in [2.45, 2.75) is 19.1 Å². The van der Waals surface area contributed by atoms with E-state index in [1.54, 1.807) is 34.6 Å². The van der Waals surface area contributed by atoms with Gasteiger partial charge < -0.3 is 19.9 Å². The molecule has 0 aromatic carbocycles. The fraction of sp³-hybridized carbons (Fsp3) is 0.348. The van der Waals surface area contributed by atoms with Gasteiger partial charge in [-0.05, 0) is 37.2 Å². The summed E-state index contributed by atoms with van der Waals surface area (Å²) >= 11 is 1.61. The SMILES string of the molecule is CNCCC(Oc1cnc(CN2CCN(C)c3ncccc3C2=O)c(F)c1)c1cccs1. The Hall–Kier alpha value is -3.04. The summed E-state index contributed by atoms with van der Waals surface area (Å²) < 4.78 is 21.0. The van der Waals surface area contributed by atoms with Gasteiger partial charge in [0.1, 0.15) is 23.5 Å². The first-order chi connectivity index (χ1) is 15.6. The van der Waals surface area contributed by atoms with Gasteiger partial charge in [0.05, 0.1) is 24.0 Å². The highest BCUT2D eigenvalue weighted by molar-refractivity contribution is 7.10. The molecule has 3 aromatic rings. The predicted molar refractivity (Wildman–Crippen MR) is 123 cm³/mol. The molecule has 4 rings (SSSR count). The van der Waals surface area contributed by atoms with E-state index < -0.39 is 5.82 Å². The Balaban J connectivity index is 1.49. The first-order valence-corrected chi connectivity index (χ1v) is 11.4. The molecule has 168 valence electrons. The highest BCUT2D eigenvalue weighted by Crippen LogP contribution is 2.29. The summed E-state index contributed by atoms with van der Waals surface area (Å²) in [7, 11) is 3.78. The molecule has 1 atom stereocenters. The third-order valence-corrected chi connectivity index (χ3v) is 6.36. The number of thiophene rings is 1. The van der Waals surface area contributed by atoms with Crippen molar-refractivity contribution in [2.75, 3.05) is 38.6 Å². The van der Waals surface area contributed by atoms with Gasteiger partial charge in [0.2, 0.25) is 0 Å². The minimum absolute atomic E-state index is 0.0846. The van der Waals surface area contributed by atoms with Gasteiger partial charge in [-0.15, -0.1) is 11.3 Å². The number of pyridine rings is 2. The van der Waals surface area contributed by atoms with Gasteiger partial charge >= 0.3 is 0 Å². The first-order valence-electron chi connectivity index (χ1n) is 10.5. The molecule has 0 spiro atoms. The smallest absolute Gasteiger partial charge is 0.258 e. The summed E-state index contributed by atoms with van der Waals surface area (Å²) in [5.74, 6) is 0.345. The summed E-state index contributed by atoms with van der Waals surface area (Å²) in [6.45, 7) is 1.92. The molecule has 1 unspecified atom stereocenters. The van der Waals surface area contributed by atoms with E-state index in [0.29, 0.717) is 30.2 Å². The second-order valence-electron chi connectivity index (χ2n) is 7.64. The van der Waals surface area contributed by atoms with Gasteiger partial charge in [0, 0.05) is 43.7 Å². The highest BCUT2D eigenvalue weighted by Gasteiger charge is 2.27. The van der Waals surface area contributed by atoms with E-state index in [2.05, 4.69) is 15.3 Å². The largest absolute Gasteiger partial charge is 0.483 e. The van der Waals surface area contributed by atoms with Crippen molar-refractivity contribution in [2.24, 2.45) is 0 Å². The van der Waals surface area contributed by atoms with Crippen molar-refractivity contribution in [3.8, 4) is 5.75 Å². The topological polar surface area (TPSA) is 70.6 Å². The van der Waals surface area contributed by atoms with E-state index in [9.17, 15) is 9.18 Å². The Morgan fingerprint density at radius 3 is 2.91 bits per heavy atom. The maximum atomic E-state index is 14.9. The number of nitrogens with one attached hydrogen (secondary N) is 1. The molecule has 4 heterocycles. The fourth-order valence-corrected chi connectivity index (χ4v) is 4.44. The second-order valence-corrected chi connectivity index (χ2v) is 8.62. The van der Waals surface area contributed by atoms with Crippen LogP contribution in [-0.2, 0) is 6.54 Å². The summed E-state index contributed by atoms with van der Waals surface area (Å²) in [5.41, 5.74) is 0.722. The normalized spacial score (nSPS) is 14.8. The number of nitrogens with zero attached hydrogens (tertiary/aromatic N) is 4. The van der Waals surface area contributed by atoms with Crippen LogP contribution in [0.25, 0.3) is 0 Å². The van der Waals surface area contributed by atoms with Crippen LogP contribution in [-0.4, -0.2) is 54.5 Å². The number of ether oxygens (including phenoxy) is 1. The Morgan fingerprint density at radius 1 is 1.28 bits per heavy atom. The van der Waals surface area contributed by atoms with E-state index in [1.807, 2.05) is 36.5 Å². The lowest BCUT2D eigenvalue weighted by Gasteiger charge is -2.21. The summed E-state index contributed by atoms with van der Waals surface area (Å²) in [5, 5.41) is 5.12. The average molecular weight is 456 g/mol. The maximum absolute atomic E-state index is 14.9. The molecule has 0 bridgehead atoms. The minimum atomic E-state index is -0.488. The zero-order chi connectivity index (χ0) is 22.5. The van der Waals surface area contributed by atoms with Crippen molar-refractivity contribution in [1.29, 1.82) is 0 Å². The van der Waals surface area contributed by atoms with Gasteiger partial charge in [0.15, 0.2) is 0 Å². The molecule has 1 amide bonds. The Morgan fingerprint density at radius 2 is 2.16 bits per heavy atom. The van der Waals surface area contributed by atoms with E-state index >= 15 is 0 Å². The van der Waals surface area contributed by atoms with E-state index in [-0.39, 0.29) is 24.2 Å². The molecule has 0 aliphatic carbocycles. The monoisotopic (exact) mass is 455 g/mol. The molecule has 7 nitrogen and oxygen atoms in total. The Kier molecular flexibility index (Phi) is 6.96.